The average Bonchev–Trinajstić information content (AvgIpc) is 2.56. The first-order valence-electron chi connectivity index (χ1n) is 5.14. The predicted molar refractivity (Wildman–Crippen MR) is 60.2 cm³/mol. The second-order valence-electron chi connectivity index (χ2n) is 4.04. The highest BCUT2D eigenvalue weighted by Crippen LogP contribution is 2.33. The molecule has 0 amide bonds. The van der Waals surface area contributed by atoms with Crippen LogP contribution in [0.5, 0.6) is 0 Å². The largest absolute Gasteiger partial charge is 0.207 e. The van der Waals surface area contributed by atoms with Gasteiger partial charge >= 0.3 is 0 Å². The quantitative estimate of drug-likeness (QED) is 0.704. The van der Waals surface area contributed by atoms with E-state index in [0.717, 1.165) is 12.3 Å². The lowest BCUT2D eigenvalue weighted by atomic mass is 9.98. The maximum Gasteiger partial charge on any atom is 0.123 e. The molecule has 0 heterocycles. The molecule has 2 rings (SSSR count). The Morgan fingerprint density at radius 1 is 1.21 bits per heavy atom. The Labute approximate surface area is 92.6 Å². The molecule has 2 atom stereocenters. The molecule has 0 aliphatic heterocycles. The summed E-state index contributed by atoms with van der Waals surface area (Å²) in [4.78, 5) is 0.660. The highest BCUT2D eigenvalue weighted by Gasteiger charge is 2.24. The molecular formula is C12H14BrF. The van der Waals surface area contributed by atoms with E-state index < -0.39 is 0 Å². The van der Waals surface area contributed by atoms with Crippen LogP contribution in [0.1, 0.15) is 24.8 Å². The molecule has 2 unspecified atom stereocenters. The molecule has 2 heteroatoms. The van der Waals surface area contributed by atoms with Crippen LogP contribution in [0.2, 0.25) is 0 Å². The van der Waals surface area contributed by atoms with Crippen molar-refractivity contribution in [3.05, 3.63) is 35.6 Å². The Balaban J connectivity index is 2.00. The fourth-order valence-electron chi connectivity index (χ4n) is 2.14. The molecule has 1 aliphatic rings. The van der Waals surface area contributed by atoms with E-state index in [1.165, 1.54) is 24.8 Å². The fourth-order valence-corrected chi connectivity index (χ4v) is 2.92. The van der Waals surface area contributed by atoms with Gasteiger partial charge in [0.05, 0.1) is 0 Å². The van der Waals surface area contributed by atoms with Gasteiger partial charge in [-0.3, -0.25) is 0 Å². The van der Waals surface area contributed by atoms with Crippen molar-refractivity contribution in [3.8, 4) is 0 Å². The van der Waals surface area contributed by atoms with Crippen molar-refractivity contribution in [3.63, 3.8) is 0 Å². The summed E-state index contributed by atoms with van der Waals surface area (Å²) < 4.78 is 12.7. The monoisotopic (exact) mass is 256 g/mol. The molecule has 14 heavy (non-hydrogen) atoms. The van der Waals surface area contributed by atoms with Crippen LogP contribution in [0, 0.1) is 11.7 Å². The minimum Gasteiger partial charge on any atom is -0.207 e. The van der Waals surface area contributed by atoms with E-state index in [4.69, 9.17) is 0 Å². The van der Waals surface area contributed by atoms with Gasteiger partial charge in [0, 0.05) is 4.83 Å². The Hall–Kier alpha value is -0.370. The van der Waals surface area contributed by atoms with Gasteiger partial charge in [-0.25, -0.2) is 4.39 Å². The summed E-state index contributed by atoms with van der Waals surface area (Å²) >= 11 is 3.70. The summed E-state index contributed by atoms with van der Waals surface area (Å²) in [5.41, 5.74) is 1.25. The van der Waals surface area contributed by atoms with E-state index >= 15 is 0 Å². The zero-order valence-electron chi connectivity index (χ0n) is 8.05. The van der Waals surface area contributed by atoms with Crippen molar-refractivity contribution in [1.82, 2.24) is 0 Å². The first-order valence-corrected chi connectivity index (χ1v) is 6.06. The molecule has 76 valence electrons. The molecule has 1 aromatic carbocycles. The van der Waals surface area contributed by atoms with Crippen LogP contribution in [-0.4, -0.2) is 4.83 Å². The van der Waals surface area contributed by atoms with Crippen LogP contribution >= 0.6 is 15.9 Å². The minimum atomic E-state index is -0.143. The van der Waals surface area contributed by atoms with Crippen molar-refractivity contribution in [2.45, 2.75) is 30.5 Å². The summed E-state index contributed by atoms with van der Waals surface area (Å²) in [5, 5.41) is 0. The summed E-state index contributed by atoms with van der Waals surface area (Å²) in [7, 11) is 0. The van der Waals surface area contributed by atoms with Gasteiger partial charge in [-0.15, -0.1) is 0 Å². The molecule has 0 N–H and O–H groups in total. The van der Waals surface area contributed by atoms with Crippen LogP contribution in [0.4, 0.5) is 4.39 Å². The van der Waals surface area contributed by atoms with Crippen molar-refractivity contribution >= 4 is 15.9 Å². The van der Waals surface area contributed by atoms with Crippen molar-refractivity contribution in [2.75, 3.05) is 0 Å². The first kappa shape index (κ1) is 10.2. The Morgan fingerprint density at radius 2 is 1.93 bits per heavy atom. The minimum absolute atomic E-state index is 0.143. The van der Waals surface area contributed by atoms with Gasteiger partial charge in [-0.1, -0.05) is 34.5 Å². The zero-order valence-corrected chi connectivity index (χ0v) is 9.63. The lowest BCUT2D eigenvalue weighted by molar-refractivity contribution is 0.561. The molecule has 1 saturated carbocycles. The molecule has 1 fully saturated rings. The van der Waals surface area contributed by atoms with Crippen LogP contribution in [0.15, 0.2) is 24.3 Å². The van der Waals surface area contributed by atoms with Crippen LogP contribution < -0.4 is 0 Å². The van der Waals surface area contributed by atoms with Gasteiger partial charge in [-0.2, -0.15) is 0 Å². The molecule has 0 spiro atoms. The lowest BCUT2D eigenvalue weighted by Gasteiger charge is -2.13. The maximum absolute atomic E-state index is 12.7. The van der Waals surface area contributed by atoms with Crippen LogP contribution in [0.3, 0.4) is 0 Å². The van der Waals surface area contributed by atoms with Gasteiger partial charge in [-0.05, 0) is 42.9 Å². The molecule has 0 aromatic heterocycles. The Kier molecular flexibility index (Phi) is 3.22. The van der Waals surface area contributed by atoms with Gasteiger partial charge in [0.2, 0.25) is 0 Å². The van der Waals surface area contributed by atoms with Gasteiger partial charge in [0.15, 0.2) is 0 Å². The smallest absolute Gasteiger partial charge is 0.123 e. The highest BCUT2D eigenvalue weighted by molar-refractivity contribution is 9.09. The molecule has 0 bridgehead atoms. The van der Waals surface area contributed by atoms with Crippen molar-refractivity contribution in [2.24, 2.45) is 5.92 Å². The lowest BCUT2D eigenvalue weighted by Crippen LogP contribution is -2.09. The number of halogens is 2. The van der Waals surface area contributed by atoms with Gasteiger partial charge in [0.25, 0.3) is 0 Å². The zero-order chi connectivity index (χ0) is 9.97. The average molecular weight is 257 g/mol. The number of hydrogen-bond donors (Lipinski definition) is 0. The topological polar surface area (TPSA) is 0 Å². The second kappa shape index (κ2) is 4.43. The van der Waals surface area contributed by atoms with E-state index in [-0.39, 0.29) is 5.82 Å². The van der Waals surface area contributed by atoms with Gasteiger partial charge in [0.1, 0.15) is 5.82 Å². The summed E-state index contributed by atoms with van der Waals surface area (Å²) in [6.07, 6.45) is 4.98. The molecule has 0 saturated heterocycles. The standard InChI is InChI=1S/C12H14BrF/c13-12-3-1-2-10(12)8-9-4-6-11(14)7-5-9/h4-7,10,12H,1-3,8H2. The maximum atomic E-state index is 12.7. The normalized spacial score (nSPS) is 26.7. The first-order chi connectivity index (χ1) is 6.75. The van der Waals surface area contributed by atoms with E-state index in [2.05, 4.69) is 15.9 Å². The second-order valence-corrected chi connectivity index (χ2v) is 5.21. The fraction of sp³-hybridized carbons (Fsp3) is 0.500. The van der Waals surface area contributed by atoms with Crippen LogP contribution in [-0.2, 0) is 6.42 Å². The number of hydrogen-bond acceptors (Lipinski definition) is 0. The molecule has 0 radical (unpaired) electrons. The van der Waals surface area contributed by atoms with Crippen molar-refractivity contribution in [1.29, 1.82) is 0 Å². The molecule has 0 nitrogen and oxygen atoms in total. The molecule has 1 aromatic rings. The Bertz CT molecular complexity index is 294. The van der Waals surface area contributed by atoms with Crippen LogP contribution in [0.25, 0.3) is 0 Å². The summed E-state index contributed by atoms with van der Waals surface area (Å²) in [6, 6.07) is 6.89. The predicted octanol–water partition coefficient (Wildman–Crippen LogP) is 3.93. The van der Waals surface area contributed by atoms with Crippen molar-refractivity contribution < 1.29 is 4.39 Å². The summed E-state index contributed by atoms with van der Waals surface area (Å²) in [5.74, 6) is 0.594. The molecule has 1 aliphatic carbocycles. The molecular weight excluding hydrogens is 243 g/mol. The third-order valence-corrected chi connectivity index (χ3v) is 4.18. The number of alkyl halides is 1. The number of benzene rings is 1. The van der Waals surface area contributed by atoms with E-state index in [1.54, 1.807) is 12.1 Å². The van der Waals surface area contributed by atoms with Gasteiger partial charge < -0.3 is 0 Å². The Morgan fingerprint density at radius 3 is 2.50 bits per heavy atom. The van der Waals surface area contributed by atoms with E-state index in [9.17, 15) is 4.39 Å². The highest BCUT2D eigenvalue weighted by atomic mass is 79.9. The van der Waals surface area contributed by atoms with E-state index in [1.807, 2.05) is 12.1 Å². The third-order valence-electron chi connectivity index (χ3n) is 2.98. The van der Waals surface area contributed by atoms with E-state index in [0.29, 0.717) is 4.83 Å². The number of rotatable bonds is 2. The SMILES string of the molecule is Fc1ccc(CC2CCCC2Br)cc1. The summed E-state index contributed by atoms with van der Waals surface area (Å²) in [6.45, 7) is 0. The third kappa shape index (κ3) is 2.35.